The van der Waals surface area contributed by atoms with E-state index in [1.54, 1.807) is 50.3 Å². The molecule has 35 heavy (non-hydrogen) atoms. The molecule has 5 rings (SSSR count). The van der Waals surface area contributed by atoms with E-state index in [0.717, 1.165) is 11.3 Å². The average Bonchev–Trinajstić information content (AvgIpc) is 3.42. The van der Waals surface area contributed by atoms with Crippen LogP contribution in [0.4, 0.5) is 0 Å². The van der Waals surface area contributed by atoms with Gasteiger partial charge in [0.05, 0.1) is 34.0 Å². The van der Waals surface area contributed by atoms with E-state index in [0.29, 0.717) is 37.7 Å². The number of carboxylic acid groups (broad SMARTS) is 1. The Morgan fingerprint density at radius 2 is 2.03 bits per heavy atom. The number of carbonyl (C=O) groups is 2. The monoisotopic (exact) mass is 492 g/mol. The quantitative estimate of drug-likeness (QED) is 0.543. The standard InChI is InChI=1S/C25H20N2O7S/c1-3-32-24(31)20-13(2)26-25-27(21(20)15-7-8-17-18(11-15)34-12-33-17)22(28)19(35-25)10-14-5-4-6-16(9-14)23(29)30/h4-11,21H,3,12H2,1-2H3,(H,29,30)/b19-10-. The number of rotatable bonds is 5. The second-order valence-electron chi connectivity index (χ2n) is 7.85. The van der Waals surface area contributed by atoms with Crippen LogP contribution in [0.2, 0.25) is 0 Å². The van der Waals surface area contributed by atoms with Crippen molar-refractivity contribution in [1.29, 1.82) is 0 Å². The van der Waals surface area contributed by atoms with E-state index in [1.165, 1.54) is 16.7 Å². The Balaban J connectivity index is 1.71. The highest BCUT2D eigenvalue weighted by atomic mass is 32.1. The number of hydrogen-bond acceptors (Lipinski definition) is 8. The van der Waals surface area contributed by atoms with Crippen LogP contribution < -0.4 is 24.4 Å². The van der Waals surface area contributed by atoms with Crippen LogP contribution in [0.1, 0.15) is 41.4 Å². The van der Waals surface area contributed by atoms with Crippen LogP contribution in [0, 0.1) is 0 Å². The lowest BCUT2D eigenvalue weighted by atomic mass is 9.95. The molecular weight excluding hydrogens is 472 g/mol. The van der Waals surface area contributed by atoms with E-state index in [1.807, 2.05) is 0 Å². The molecule has 0 spiro atoms. The summed E-state index contributed by atoms with van der Waals surface area (Å²) in [5.74, 6) is -0.509. The molecule has 3 aromatic rings. The molecule has 0 fully saturated rings. The summed E-state index contributed by atoms with van der Waals surface area (Å²) in [5.41, 5.74) is 1.68. The number of fused-ring (bicyclic) bond motifs is 2. The van der Waals surface area contributed by atoms with Gasteiger partial charge in [0.15, 0.2) is 16.3 Å². The fourth-order valence-corrected chi connectivity index (χ4v) is 5.15. The molecule has 1 unspecified atom stereocenters. The smallest absolute Gasteiger partial charge is 0.338 e. The molecule has 0 radical (unpaired) electrons. The zero-order chi connectivity index (χ0) is 24.7. The zero-order valence-electron chi connectivity index (χ0n) is 18.8. The first-order chi connectivity index (χ1) is 16.9. The lowest BCUT2D eigenvalue weighted by Gasteiger charge is -2.24. The van der Waals surface area contributed by atoms with Gasteiger partial charge in [0.1, 0.15) is 0 Å². The van der Waals surface area contributed by atoms with Crippen molar-refractivity contribution in [2.24, 2.45) is 4.99 Å². The van der Waals surface area contributed by atoms with Gasteiger partial charge in [-0.3, -0.25) is 9.36 Å². The van der Waals surface area contributed by atoms with Crippen molar-refractivity contribution >= 4 is 29.4 Å². The van der Waals surface area contributed by atoms with Gasteiger partial charge in [-0.05, 0) is 55.3 Å². The van der Waals surface area contributed by atoms with E-state index in [9.17, 15) is 19.5 Å². The minimum absolute atomic E-state index is 0.0938. The number of hydrogen-bond donors (Lipinski definition) is 1. The fraction of sp³-hybridized carbons (Fsp3) is 0.200. The molecule has 2 aliphatic heterocycles. The predicted octanol–water partition coefficient (Wildman–Crippen LogP) is 2.23. The van der Waals surface area contributed by atoms with E-state index in [2.05, 4.69) is 4.99 Å². The van der Waals surface area contributed by atoms with Crippen molar-refractivity contribution in [2.45, 2.75) is 19.9 Å². The second kappa shape index (κ2) is 8.88. The van der Waals surface area contributed by atoms with E-state index < -0.39 is 18.0 Å². The third kappa shape index (κ3) is 4.01. The lowest BCUT2D eigenvalue weighted by Crippen LogP contribution is -2.39. The zero-order valence-corrected chi connectivity index (χ0v) is 19.6. The number of thiazole rings is 1. The first kappa shape index (κ1) is 22.6. The van der Waals surface area contributed by atoms with Crippen molar-refractivity contribution in [3.8, 4) is 11.5 Å². The highest BCUT2D eigenvalue weighted by molar-refractivity contribution is 7.07. The Labute approximate surface area is 202 Å². The van der Waals surface area contributed by atoms with Crippen LogP contribution in [-0.2, 0) is 9.53 Å². The highest BCUT2D eigenvalue weighted by Crippen LogP contribution is 2.38. The minimum atomic E-state index is -1.06. The van der Waals surface area contributed by atoms with E-state index >= 15 is 0 Å². The van der Waals surface area contributed by atoms with Gasteiger partial charge < -0.3 is 19.3 Å². The van der Waals surface area contributed by atoms with Gasteiger partial charge in [0.2, 0.25) is 6.79 Å². The molecule has 0 saturated heterocycles. The number of carboxylic acids is 1. The van der Waals surface area contributed by atoms with Crippen LogP contribution in [0.25, 0.3) is 6.08 Å². The molecule has 9 nitrogen and oxygen atoms in total. The van der Waals surface area contributed by atoms with Crippen LogP contribution in [0.5, 0.6) is 11.5 Å². The van der Waals surface area contributed by atoms with Crippen LogP contribution in [0.3, 0.4) is 0 Å². The van der Waals surface area contributed by atoms with Crippen LogP contribution in [0.15, 0.2) is 63.5 Å². The number of aromatic carboxylic acids is 1. The maximum absolute atomic E-state index is 13.6. The fourth-order valence-electron chi connectivity index (χ4n) is 4.10. The summed E-state index contributed by atoms with van der Waals surface area (Å²) in [6.07, 6.45) is 1.62. The Kier molecular flexibility index (Phi) is 5.73. The molecule has 1 N–H and O–H groups in total. The molecule has 0 aliphatic carbocycles. The number of benzene rings is 2. The molecular formula is C25H20N2O7S. The number of allylic oxidation sites excluding steroid dienone is 1. The van der Waals surface area contributed by atoms with Crippen LogP contribution in [-0.4, -0.2) is 35.0 Å². The van der Waals surface area contributed by atoms with Gasteiger partial charge in [-0.1, -0.05) is 29.5 Å². The van der Waals surface area contributed by atoms with Gasteiger partial charge >= 0.3 is 11.9 Å². The van der Waals surface area contributed by atoms with Gasteiger partial charge in [-0.2, -0.15) is 0 Å². The molecule has 178 valence electrons. The summed E-state index contributed by atoms with van der Waals surface area (Å²) in [4.78, 5) is 42.9. The number of ether oxygens (including phenoxy) is 3. The summed E-state index contributed by atoms with van der Waals surface area (Å²) in [6, 6.07) is 10.8. The normalized spacial score (nSPS) is 16.6. The second-order valence-corrected chi connectivity index (χ2v) is 8.85. The van der Waals surface area contributed by atoms with Crippen molar-refractivity contribution in [1.82, 2.24) is 4.57 Å². The Hall–Kier alpha value is -4.18. The Morgan fingerprint density at radius 3 is 2.80 bits per heavy atom. The van der Waals surface area contributed by atoms with E-state index in [4.69, 9.17) is 14.2 Å². The molecule has 0 saturated carbocycles. The van der Waals surface area contributed by atoms with Crippen LogP contribution >= 0.6 is 11.3 Å². The van der Waals surface area contributed by atoms with Gasteiger partial charge in [-0.25, -0.2) is 14.6 Å². The molecule has 0 amide bonds. The van der Waals surface area contributed by atoms with E-state index in [-0.39, 0.29) is 30.1 Å². The lowest BCUT2D eigenvalue weighted by molar-refractivity contribution is -0.139. The first-order valence-electron chi connectivity index (χ1n) is 10.8. The first-order valence-corrected chi connectivity index (χ1v) is 11.6. The number of nitrogens with zero attached hydrogens (tertiary/aromatic N) is 2. The van der Waals surface area contributed by atoms with Crippen molar-refractivity contribution < 1.29 is 28.9 Å². The molecule has 1 atom stereocenters. The molecule has 2 aliphatic rings. The summed E-state index contributed by atoms with van der Waals surface area (Å²) in [6.45, 7) is 3.69. The third-order valence-electron chi connectivity index (χ3n) is 5.66. The molecule has 3 heterocycles. The van der Waals surface area contributed by atoms with Gasteiger partial charge in [-0.15, -0.1) is 0 Å². The average molecular weight is 493 g/mol. The predicted molar refractivity (Wildman–Crippen MR) is 126 cm³/mol. The maximum atomic E-state index is 13.6. The van der Waals surface area contributed by atoms with Crippen molar-refractivity contribution in [3.05, 3.63) is 90.1 Å². The number of aromatic nitrogens is 1. The Bertz CT molecular complexity index is 1580. The van der Waals surface area contributed by atoms with Crippen molar-refractivity contribution in [2.75, 3.05) is 13.4 Å². The topological polar surface area (TPSA) is 116 Å². The molecule has 1 aromatic heterocycles. The minimum Gasteiger partial charge on any atom is -0.478 e. The Morgan fingerprint density at radius 1 is 1.23 bits per heavy atom. The summed E-state index contributed by atoms with van der Waals surface area (Å²) >= 11 is 1.16. The third-order valence-corrected chi connectivity index (χ3v) is 6.64. The van der Waals surface area contributed by atoms with Crippen molar-refractivity contribution in [3.63, 3.8) is 0 Å². The SMILES string of the molecule is CCOC(=O)C1=C(C)N=c2s/c(=C\c3cccc(C(=O)O)c3)c(=O)n2C1c1ccc2c(c1)OCO2. The summed E-state index contributed by atoms with van der Waals surface area (Å²) in [5, 5.41) is 9.28. The van der Waals surface area contributed by atoms with Gasteiger partial charge in [0, 0.05) is 0 Å². The molecule has 10 heteroatoms. The van der Waals surface area contributed by atoms with Gasteiger partial charge in [0.25, 0.3) is 5.56 Å². The number of esters is 1. The largest absolute Gasteiger partial charge is 0.478 e. The molecule has 0 bridgehead atoms. The molecule has 2 aromatic carbocycles. The highest BCUT2D eigenvalue weighted by Gasteiger charge is 2.34. The summed E-state index contributed by atoms with van der Waals surface area (Å²) in [7, 11) is 0. The number of carbonyl (C=O) groups excluding carboxylic acids is 1. The maximum Gasteiger partial charge on any atom is 0.338 e. The summed E-state index contributed by atoms with van der Waals surface area (Å²) < 4.78 is 18.0.